The minimum Gasteiger partial charge on any atom is -0.383 e. The second kappa shape index (κ2) is 4.80. The molecular formula is C12H21N3O. The van der Waals surface area contributed by atoms with E-state index in [4.69, 9.17) is 16.2 Å². The first-order valence-electron chi connectivity index (χ1n) is 5.36. The Hall–Kier alpha value is -1.13. The zero-order valence-corrected chi connectivity index (χ0v) is 10.4. The van der Waals surface area contributed by atoms with Crippen molar-refractivity contribution in [3.05, 3.63) is 23.9 Å². The van der Waals surface area contributed by atoms with E-state index in [1.165, 1.54) is 0 Å². The average molecular weight is 223 g/mol. The Bertz CT molecular complexity index is 346. The Kier molecular flexibility index (Phi) is 3.88. The van der Waals surface area contributed by atoms with E-state index < -0.39 is 0 Å². The molecule has 0 saturated carbocycles. The van der Waals surface area contributed by atoms with E-state index >= 15 is 0 Å². The molecule has 1 aromatic rings. The minimum atomic E-state index is -0.265. The van der Waals surface area contributed by atoms with Gasteiger partial charge in [0.2, 0.25) is 0 Å². The molecule has 4 nitrogen and oxygen atoms in total. The number of nitrogens with zero attached hydrogens (tertiary/aromatic N) is 1. The minimum absolute atomic E-state index is 0.0452. The van der Waals surface area contributed by atoms with Gasteiger partial charge in [-0.25, -0.2) is 4.98 Å². The number of hydrogen-bond donors (Lipinski definition) is 2. The topological polar surface area (TPSA) is 74.2 Å². The lowest BCUT2D eigenvalue weighted by Gasteiger charge is -2.34. The number of nitrogens with two attached hydrogens (primary N) is 2. The van der Waals surface area contributed by atoms with Gasteiger partial charge in [0, 0.05) is 18.9 Å². The zero-order chi connectivity index (χ0) is 12.3. The Balaban J connectivity index is 3.01. The van der Waals surface area contributed by atoms with E-state index in [-0.39, 0.29) is 17.6 Å². The fourth-order valence-corrected chi connectivity index (χ4v) is 1.91. The van der Waals surface area contributed by atoms with Crippen LogP contribution in [-0.2, 0) is 4.74 Å². The first kappa shape index (κ1) is 12.9. The SMILES string of the molecule is COC(C(N)c1cccnc1N)C(C)(C)C. The summed E-state index contributed by atoms with van der Waals surface area (Å²) in [4.78, 5) is 4.04. The van der Waals surface area contributed by atoms with E-state index in [1.807, 2.05) is 12.1 Å². The highest BCUT2D eigenvalue weighted by Crippen LogP contribution is 2.32. The first-order chi connectivity index (χ1) is 7.38. The number of rotatable bonds is 3. The van der Waals surface area contributed by atoms with E-state index in [0.717, 1.165) is 5.56 Å². The van der Waals surface area contributed by atoms with Crippen molar-refractivity contribution in [3.8, 4) is 0 Å². The first-order valence-corrected chi connectivity index (χ1v) is 5.36. The second-order valence-electron chi connectivity index (χ2n) is 5.03. The maximum Gasteiger partial charge on any atom is 0.128 e. The zero-order valence-electron chi connectivity index (χ0n) is 10.4. The van der Waals surface area contributed by atoms with Gasteiger partial charge in [-0.2, -0.15) is 0 Å². The molecule has 90 valence electrons. The number of hydrogen-bond acceptors (Lipinski definition) is 4. The third-order valence-corrected chi connectivity index (χ3v) is 2.66. The Morgan fingerprint density at radius 1 is 1.38 bits per heavy atom. The van der Waals surface area contributed by atoms with Crippen LogP contribution in [0, 0.1) is 5.41 Å². The van der Waals surface area contributed by atoms with Crippen molar-refractivity contribution < 1.29 is 4.74 Å². The number of anilines is 1. The molecule has 0 aliphatic heterocycles. The normalized spacial score (nSPS) is 15.8. The molecule has 2 atom stereocenters. The maximum atomic E-state index is 6.19. The number of aromatic nitrogens is 1. The summed E-state index contributed by atoms with van der Waals surface area (Å²) in [6.07, 6.45) is 1.56. The van der Waals surface area contributed by atoms with Gasteiger partial charge in [-0.1, -0.05) is 26.8 Å². The van der Waals surface area contributed by atoms with Crippen molar-refractivity contribution >= 4 is 5.82 Å². The van der Waals surface area contributed by atoms with Gasteiger partial charge in [-0.3, -0.25) is 0 Å². The molecule has 1 aromatic heterocycles. The molecule has 16 heavy (non-hydrogen) atoms. The van der Waals surface area contributed by atoms with Crippen molar-refractivity contribution in [2.75, 3.05) is 12.8 Å². The molecule has 0 fully saturated rings. The van der Waals surface area contributed by atoms with Crippen LogP contribution >= 0.6 is 0 Å². The Morgan fingerprint density at radius 2 is 2.00 bits per heavy atom. The maximum absolute atomic E-state index is 6.19. The summed E-state index contributed by atoms with van der Waals surface area (Å²) in [6, 6.07) is 3.46. The van der Waals surface area contributed by atoms with Gasteiger partial charge < -0.3 is 16.2 Å². The van der Waals surface area contributed by atoms with Gasteiger partial charge in [0.25, 0.3) is 0 Å². The van der Waals surface area contributed by atoms with Crippen LogP contribution in [0.1, 0.15) is 32.4 Å². The second-order valence-corrected chi connectivity index (χ2v) is 5.03. The van der Waals surface area contributed by atoms with E-state index in [2.05, 4.69) is 25.8 Å². The molecule has 4 N–H and O–H groups in total. The number of pyridine rings is 1. The van der Waals surface area contributed by atoms with Crippen LogP contribution in [0.5, 0.6) is 0 Å². The standard InChI is InChI=1S/C12H21N3O/c1-12(2,3)10(16-4)9(13)8-6-5-7-15-11(8)14/h5-7,9-10H,13H2,1-4H3,(H2,14,15). The fourth-order valence-electron chi connectivity index (χ4n) is 1.91. The molecule has 0 radical (unpaired) electrons. The van der Waals surface area contributed by atoms with Gasteiger partial charge >= 0.3 is 0 Å². The lowest BCUT2D eigenvalue weighted by molar-refractivity contribution is -0.00233. The molecule has 1 rings (SSSR count). The highest BCUT2D eigenvalue weighted by Gasteiger charge is 2.32. The van der Waals surface area contributed by atoms with E-state index in [9.17, 15) is 0 Å². The van der Waals surface area contributed by atoms with Crippen LogP contribution in [0.2, 0.25) is 0 Å². The molecule has 1 heterocycles. The van der Waals surface area contributed by atoms with E-state index in [1.54, 1.807) is 13.3 Å². The quantitative estimate of drug-likeness (QED) is 0.818. The van der Waals surface area contributed by atoms with Gasteiger partial charge in [-0.15, -0.1) is 0 Å². The van der Waals surface area contributed by atoms with Crippen LogP contribution in [0.25, 0.3) is 0 Å². The monoisotopic (exact) mass is 223 g/mol. The molecule has 4 heteroatoms. The molecular weight excluding hydrogens is 202 g/mol. The van der Waals surface area contributed by atoms with Crippen LogP contribution < -0.4 is 11.5 Å². The largest absolute Gasteiger partial charge is 0.383 e. The smallest absolute Gasteiger partial charge is 0.128 e. The molecule has 2 unspecified atom stereocenters. The lowest BCUT2D eigenvalue weighted by Crippen LogP contribution is -2.39. The van der Waals surface area contributed by atoms with Crippen molar-refractivity contribution in [1.29, 1.82) is 0 Å². The van der Waals surface area contributed by atoms with Gasteiger partial charge in [0.15, 0.2) is 0 Å². The third-order valence-electron chi connectivity index (χ3n) is 2.66. The summed E-state index contributed by atoms with van der Waals surface area (Å²) in [5.74, 6) is 0.473. The summed E-state index contributed by atoms with van der Waals surface area (Å²) < 4.78 is 5.48. The average Bonchev–Trinajstić information content (AvgIpc) is 2.17. The van der Waals surface area contributed by atoms with Crippen molar-refractivity contribution in [2.45, 2.75) is 32.9 Å². The fraction of sp³-hybridized carbons (Fsp3) is 0.583. The number of nitrogen functional groups attached to an aromatic ring is 1. The van der Waals surface area contributed by atoms with Crippen molar-refractivity contribution in [1.82, 2.24) is 4.98 Å². The molecule has 0 aliphatic rings. The third kappa shape index (κ3) is 2.71. The van der Waals surface area contributed by atoms with Gasteiger partial charge in [-0.05, 0) is 11.5 Å². The predicted octanol–water partition coefficient (Wildman–Crippen LogP) is 1.72. The van der Waals surface area contributed by atoms with Crippen LogP contribution in [0.4, 0.5) is 5.82 Å². The Morgan fingerprint density at radius 3 is 2.44 bits per heavy atom. The highest BCUT2D eigenvalue weighted by molar-refractivity contribution is 5.41. The molecule has 0 spiro atoms. The highest BCUT2D eigenvalue weighted by atomic mass is 16.5. The summed E-state index contributed by atoms with van der Waals surface area (Å²) in [7, 11) is 1.67. The summed E-state index contributed by atoms with van der Waals surface area (Å²) in [6.45, 7) is 6.27. The molecule has 0 bridgehead atoms. The predicted molar refractivity (Wildman–Crippen MR) is 65.8 cm³/mol. The van der Waals surface area contributed by atoms with Gasteiger partial charge in [0.05, 0.1) is 12.1 Å². The van der Waals surface area contributed by atoms with Gasteiger partial charge in [0.1, 0.15) is 5.82 Å². The summed E-state index contributed by atoms with van der Waals surface area (Å²) >= 11 is 0. The number of ether oxygens (including phenoxy) is 1. The van der Waals surface area contributed by atoms with Crippen LogP contribution in [0.15, 0.2) is 18.3 Å². The molecule has 0 saturated heterocycles. The van der Waals surface area contributed by atoms with Crippen LogP contribution in [-0.4, -0.2) is 18.2 Å². The lowest BCUT2D eigenvalue weighted by atomic mass is 9.82. The molecule has 0 aliphatic carbocycles. The molecule has 0 aromatic carbocycles. The molecule has 0 amide bonds. The van der Waals surface area contributed by atoms with E-state index in [0.29, 0.717) is 5.82 Å². The van der Waals surface area contributed by atoms with Crippen molar-refractivity contribution in [3.63, 3.8) is 0 Å². The van der Waals surface area contributed by atoms with Crippen molar-refractivity contribution in [2.24, 2.45) is 11.1 Å². The summed E-state index contributed by atoms with van der Waals surface area (Å²) in [5.41, 5.74) is 12.8. The number of methoxy groups -OCH3 is 1. The Labute approximate surface area is 97.0 Å². The summed E-state index contributed by atoms with van der Waals surface area (Å²) in [5, 5.41) is 0. The van der Waals surface area contributed by atoms with Crippen LogP contribution in [0.3, 0.4) is 0 Å².